The van der Waals surface area contributed by atoms with E-state index in [1.807, 2.05) is 6.92 Å². The lowest BCUT2D eigenvalue weighted by Crippen LogP contribution is -2.16. The predicted molar refractivity (Wildman–Crippen MR) is 62.1 cm³/mol. The van der Waals surface area contributed by atoms with Gasteiger partial charge in [-0.15, -0.1) is 0 Å². The van der Waals surface area contributed by atoms with Gasteiger partial charge >= 0.3 is 6.01 Å². The number of aryl methyl sites for hydroxylation is 1. The molecule has 0 bridgehead atoms. The Morgan fingerprint density at radius 3 is 3.00 bits per heavy atom. The number of amidine groups is 1. The fourth-order valence-corrected chi connectivity index (χ4v) is 1.51. The lowest BCUT2D eigenvalue weighted by atomic mass is 10.3. The highest BCUT2D eigenvalue weighted by Crippen LogP contribution is 2.32. The first-order chi connectivity index (χ1) is 8.19. The average Bonchev–Trinajstić information content (AvgIpc) is 3.11. The van der Waals surface area contributed by atoms with Gasteiger partial charge in [0.05, 0.1) is 6.61 Å². The summed E-state index contributed by atoms with van der Waals surface area (Å²) < 4.78 is 5.46. The average molecular weight is 236 g/mol. The second-order valence-electron chi connectivity index (χ2n) is 4.24. The van der Waals surface area contributed by atoms with Crippen molar-refractivity contribution in [3.8, 4) is 6.01 Å². The maximum atomic E-state index is 8.59. The van der Waals surface area contributed by atoms with E-state index in [-0.39, 0.29) is 11.8 Å². The van der Waals surface area contributed by atoms with Crippen molar-refractivity contribution in [2.24, 2.45) is 16.8 Å². The predicted octanol–water partition coefficient (Wildman–Crippen LogP) is 1.06. The molecule has 1 saturated carbocycles. The Morgan fingerprint density at radius 1 is 1.59 bits per heavy atom. The van der Waals surface area contributed by atoms with E-state index in [9.17, 15) is 0 Å². The van der Waals surface area contributed by atoms with Crippen LogP contribution in [0.25, 0.3) is 0 Å². The van der Waals surface area contributed by atoms with E-state index in [4.69, 9.17) is 15.7 Å². The number of nitrogens with two attached hydrogens (primary N) is 1. The van der Waals surface area contributed by atoms with E-state index >= 15 is 0 Å². The molecule has 6 heteroatoms. The lowest BCUT2D eigenvalue weighted by Gasteiger charge is -2.06. The SMILES string of the molecule is Cc1cc(/C(N)=N/O)nc(OCCC2CC2)n1. The summed E-state index contributed by atoms with van der Waals surface area (Å²) in [7, 11) is 0. The van der Waals surface area contributed by atoms with Gasteiger partial charge in [-0.2, -0.15) is 4.98 Å². The van der Waals surface area contributed by atoms with Gasteiger partial charge in [-0.3, -0.25) is 0 Å². The van der Waals surface area contributed by atoms with Crippen LogP contribution in [-0.2, 0) is 0 Å². The molecule has 0 unspecified atom stereocenters. The Bertz CT molecular complexity index is 429. The van der Waals surface area contributed by atoms with Crippen molar-refractivity contribution in [2.75, 3.05) is 6.61 Å². The molecular formula is C11H16N4O2. The molecule has 0 atom stereocenters. The molecule has 1 aliphatic rings. The normalized spacial score (nSPS) is 15.9. The number of hydrogen-bond donors (Lipinski definition) is 2. The first kappa shape index (κ1) is 11.6. The summed E-state index contributed by atoms with van der Waals surface area (Å²) in [5, 5.41) is 11.5. The van der Waals surface area contributed by atoms with Crippen molar-refractivity contribution in [3.63, 3.8) is 0 Å². The van der Waals surface area contributed by atoms with Crippen LogP contribution in [0.4, 0.5) is 0 Å². The molecule has 1 aromatic heterocycles. The van der Waals surface area contributed by atoms with Crippen LogP contribution >= 0.6 is 0 Å². The van der Waals surface area contributed by atoms with Gasteiger partial charge in [0.25, 0.3) is 0 Å². The van der Waals surface area contributed by atoms with Gasteiger partial charge in [0.2, 0.25) is 0 Å². The minimum Gasteiger partial charge on any atom is -0.463 e. The second kappa shape index (κ2) is 4.99. The van der Waals surface area contributed by atoms with Crippen molar-refractivity contribution in [2.45, 2.75) is 26.2 Å². The van der Waals surface area contributed by atoms with Crippen LogP contribution in [0.15, 0.2) is 11.2 Å². The van der Waals surface area contributed by atoms with Crippen molar-refractivity contribution in [3.05, 3.63) is 17.5 Å². The number of nitrogens with zero attached hydrogens (tertiary/aromatic N) is 3. The molecule has 1 heterocycles. The Kier molecular flexibility index (Phi) is 3.41. The monoisotopic (exact) mass is 236 g/mol. The number of hydrogen-bond acceptors (Lipinski definition) is 5. The topological polar surface area (TPSA) is 93.6 Å². The van der Waals surface area contributed by atoms with Crippen molar-refractivity contribution < 1.29 is 9.94 Å². The summed E-state index contributed by atoms with van der Waals surface area (Å²) in [6.07, 6.45) is 3.64. The Morgan fingerprint density at radius 2 is 2.35 bits per heavy atom. The largest absolute Gasteiger partial charge is 0.463 e. The minimum atomic E-state index is -0.0393. The van der Waals surface area contributed by atoms with Crippen LogP contribution in [0.2, 0.25) is 0 Å². The summed E-state index contributed by atoms with van der Waals surface area (Å²) in [5.41, 5.74) is 6.57. The van der Waals surface area contributed by atoms with Gasteiger partial charge in [-0.05, 0) is 25.3 Å². The van der Waals surface area contributed by atoms with Gasteiger partial charge in [0, 0.05) is 5.69 Å². The summed E-state index contributed by atoms with van der Waals surface area (Å²) in [5.74, 6) is 0.769. The lowest BCUT2D eigenvalue weighted by molar-refractivity contribution is 0.278. The second-order valence-corrected chi connectivity index (χ2v) is 4.24. The molecule has 0 amide bonds. The highest BCUT2D eigenvalue weighted by atomic mass is 16.5. The molecule has 17 heavy (non-hydrogen) atoms. The first-order valence-corrected chi connectivity index (χ1v) is 5.65. The smallest absolute Gasteiger partial charge is 0.317 e. The molecule has 0 radical (unpaired) electrons. The van der Waals surface area contributed by atoms with Crippen molar-refractivity contribution >= 4 is 5.84 Å². The van der Waals surface area contributed by atoms with Crippen molar-refractivity contribution in [1.29, 1.82) is 0 Å². The fourth-order valence-electron chi connectivity index (χ4n) is 1.51. The Labute approximate surface area is 99.5 Å². The number of aromatic nitrogens is 2. The van der Waals surface area contributed by atoms with E-state index in [1.54, 1.807) is 6.07 Å². The molecule has 0 aromatic carbocycles. The molecule has 1 fully saturated rings. The van der Waals surface area contributed by atoms with Crippen LogP contribution in [-0.4, -0.2) is 27.6 Å². The fraction of sp³-hybridized carbons (Fsp3) is 0.545. The Hall–Kier alpha value is -1.85. The van der Waals surface area contributed by atoms with Gasteiger partial charge in [-0.1, -0.05) is 18.0 Å². The molecule has 0 spiro atoms. The molecule has 1 aliphatic carbocycles. The summed E-state index contributed by atoms with van der Waals surface area (Å²) >= 11 is 0. The molecule has 0 saturated heterocycles. The van der Waals surface area contributed by atoms with E-state index in [0.29, 0.717) is 12.3 Å². The molecule has 6 nitrogen and oxygen atoms in total. The third kappa shape index (κ3) is 3.30. The number of rotatable bonds is 5. The first-order valence-electron chi connectivity index (χ1n) is 5.65. The zero-order valence-electron chi connectivity index (χ0n) is 9.76. The number of oxime groups is 1. The van der Waals surface area contributed by atoms with E-state index in [2.05, 4.69) is 15.1 Å². The third-order valence-corrected chi connectivity index (χ3v) is 2.66. The van der Waals surface area contributed by atoms with E-state index < -0.39 is 0 Å². The van der Waals surface area contributed by atoms with Crippen LogP contribution < -0.4 is 10.5 Å². The minimum absolute atomic E-state index is 0.0393. The molecule has 1 aromatic rings. The number of ether oxygens (including phenoxy) is 1. The van der Waals surface area contributed by atoms with Crippen molar-refractivity contribution in [1.82, 2.24) is 9.97 Å². The van der Waals surface area contributed by atoms with Gasteiger partial charge in [0.15, 0.2) is 5.84 Å². The maximum Gasteiger partial charge on any atom is 0.317 e. The van der Waals surface area contributed by atoms with Gasteiger partial charge in [-0.25, -0.2) is 4.98 Å². The molecule has 2 rings (SSSR count). The molecular weight excluding hydrogens is 220 g/mol. The highest BCUT2D eigenvalue weighted by molar-refractivity contribution is 5.95. The van der Waals surface area contributed by atoms with Crippen LogP contribution in [0.1, 0.15) is 30.7 Å². The van der Waals surface area contributed by atoms with E-state index in [1.165, 1.54) is 12.8 Å². The van der Waals surface area contributed by atoms with Crippen LogP contribution in [0, 0.1) is 12.8 Å². The van der Waals surface area contributed by atoms with Gasteiger partial charge in [0.1, 0.15) is 5.69 Å². The Balaban J connectivity index is 2.02. The van der Waals surface area contributed by atoms with Gasteiger partial charge < -0.3 is 15.7 Å². The maximum absolute atomic E-state index is 8.59. The molecule has 3 N–H and O–H groups in total. The molecule has 92 valence electrons. The van der Waals surface area contributed by atoms with Crippen LogP contribution in [0.5, 0.6) is 6.01 Å². The summed E-state index contributed by atoms with van der Waals surface area (Å²) in [4.78, 5) is 8.21. The van der Waals surface area contributed by atoms with Crippen LogP contribution in [0.3, 0.4) is 0 Å². The zero-order valence-corrected chi connectivity index (χ0v) is 9.76. The standard InChI is InChI=1S/C11H16N4O2/c1-7-6-9(10(12)15-16)14-11(13-7)17-5-4-8-2-3-8/h6,8,16H,2-5H2,1H3,(H2,12,15). The zero-order chi connectivity index (χ0) is 12.3. The third-order valence-electron chi connectivity index (χ3n) is 2.66. The van der Waals surface area contributed by atoms with E-state index in [0.717, 1.165) is 18.0 Å². The summed E-state index contributed by atoms with van der Waals surface area (Å²) in [6.45, 7) is 2.42. The summed E-state index contributed by atoms with van der Waals surface area (Å²) in [6, 6.07) is 1.93. The quantitative estimate of drug-likeness (QED) is 0.345. The highest BCUT2D eigenvalue weighted by Gasteiger charge is 2.21. The molecule has 0 aliphatic heterocycles.